The zero-order valence-electron chi connectivity index (χ0n) is 16.3. The van der Waals surface area contributed by atoms with Crippen molar-refractivity contribution in [2.75, 3.05) is 26.4 Å². The fraction of sp³-hybridized carbons (Fsp3) is 1.00. The molecule has 0 aromatic rings. The minimum atomic E-state index is 0.937. The largest absolute Gasteiger partial charge is 0.381 e. The van der Waals surface area contributed by atoms with Crippen molar-refractivity contribution in [3.8, 4) is 0 Å². The predicted molar refractivity (Wildman–Crippen MR) is 102 cm³/mol. The second-order valence-electron chi connectivity index (χ2n) is 6.82. The lowest BCUT2D eigenvalue weighted by molar-refractivity contribution is 0.111. The highest BCUT2D eigenvalue weighted by atomic mass is 16.5. The first-order valence-corrected chi connectivity index (χ1v) is 10.6. The van der Waals surface area contributed by atoms with Crippen LogP contribution in [0.3, 0.4) is 0 Å². The van der Waals surface area contributed by atoms with Gasteiger partial charge < -0.3 is 9.47 Å². The van der Waals surface area contributed by atoms with Gasteiger partial charge in [0.1, 0.15) is 0 Å². The van der Waals surface area contributed by atoms with Crippen molar-refractivity contribution < 1.29 is 9.47 Å². The van der Waals surface area contributed by atoms with Crippen molar-refractivity contribution in [1.82, 2.24) is 0 Å². The number of hydrogen-bond donors (Lipinski definition) is 0. The highest BCUT2D eigenvalue weighted by Crippen LogP contribution is 2.06. The lowest BCUT2D eigenvalue weighted by Crippen LogP contribution is -2.00. The lowest BCUT2D eigenvalue weighted by Gasteiger charge is -2.06. The summed E-state index contributed by atoms with van der Waals surface area (Å²) in [6, 6.07) is 0. The van der Waals surface area contributed by atoms with Crippen LogP contribution in [0, 0.1) is 0 Å². The molecule has 0 fully saturated rings. The Morgan fingerprint density at radius 3 is 0.957 bits per heavy atom. The van der Waals surface area contributed by atoms with E-state index in [2.05, 4.69) is 13.8 Å². The van der Waals surface area contributed by atoms with Crippen LogP contribution in [0.4, 0.5) is 0 Å². The fourth-order valence-electron chi connectivity index (χ4n) is 2.76. The summed E-state index contributed by atoms with van der Waals surface area (Å²) in [5.74, 6) is 0. The minimum absolute atomic E-state index is 0.937. The Kier molecular flexibility index (Phi) is 21.8. The van der Waals surface area contributed by atoms with Gasteiger partial charge in [-0.2, -0.15) is 0 Å². The molecular weight excluding hydrogens is 284 g/mol. The summed E-state index contributed by atoms with van der Waals surface area (Å²) < 4.78 is 11.4. The van der Waals surface area contributed by atoms with E-state index in [1.165, 1.54) is 96.3 Å². The Morgan fingerprint density at radius 2 is 0.609 bits per heavy atom. The van der Waals surface area contributed by atoms with Gasteiger partial charge in [0.05, 0.1) is 0 Å². The van der Waals surface area contributed by atoms with Gasteiger partial charge in [0.15, 0.2) is 0 Å². The van der Waals surface area contributed by atoms with E-state index in [4.69, 9.17) is 9.47 Å². The van der Waals surface area contributed by atoms with Gasteiger partial charge in [-0.3, -0.25) is 0 Å². The summed E-state index contributed by atoms with van der Waals surface area (Å²) in [5.41, 5.74) is 0. The van der Waals surface area contributed by atoms with E-state index in [1.807, 2.05) is 0 Å². The molecule has 140 valence electrons. The molecule has 0 saturated carbocycles. The molecule has 0 saturated heterocycles. The Labute approximate surface area is 146 Å². The van der Waals surface area contributed by atoms with Crippen molar-refractivity contribution >= 4 is 0 Å². The van der Waals surface area contributed by atoms with Crippen LogP contribution in [-0.2, 0) is 9.47 Å². The quantitative estimate of drug-likeness (QED) is 0.226. The van der Waals surface area contributed by atoms with Crippen molar-refractivity contribution in [3.63, 3.8) is 0 Å². The molecule has 23 heavy (non-hydrogen) atoms. The van der Waals surface area contributed by atoms with Crippen LogP contribution in [0.1, 0.15) is 110 Å². The van der Waals surface area contributed by atoms with E-state index in [1.54, 1.807) is 0 Å². The summed E-state index contributed by atoms with van der Waals surface area (Å²) in [6.07, 6.45) is 19.8. The Hall–Kier alpha value is -0.0800. The molecule has 0 aliphatic rings. The van der Waals surface area contributed by atoms with Crippen LogP contribution >= 0.6 is 0 Å². The SMILES string of the molecule is CCCCCCCCOCCCCCOCCCCCCCC. The topological polar surface area (TPSA) is 18.5 Å². The van der Waals surface area contributed by atoms with Gasteiger partial charge in [-0.15, -0.1) is 0 Å². The molecule has 0 rings (SSSR count). The van der Waals surface area contributed by atoms with E-state index in [-0.39, 0.29) is 0 Å². The van der Waals surface area contributed by atoms with Gasteiger partial charge in [-0.1, -0.05) is 78.1 Å². The van der Waals surface area contributed by atoms with Crippen molar-refractivity contribution in [3.05, 3.63) is 0 Å². The maximum absolute atomic E-state index is 5.69. The van der Waals surface area contributed by atoms with Crippen LogP contribution in [-0.4, -0.2) is 26.4 Å². The second-order valence-corrected chi connectivity index (χ2v) is 6.82. The maximum Gasteiger partial charge on any atom is 0.0466 e. The van der Waals surface area contributed by atoms with Gasteiger partial charge >= 0.3 is 0 Å². The third-order valence-corrected chi connectivity index (χ3v) is 4.36. The first kappa shape index (κ1) is 22.9. The normalized spacial score (nSPS) is 11.2. The number of hydrogen-bond acceptors (Lipinski definition) is 2. The molecule has 0 heterocycles. The van der Waals surface area contributed by atoms with E-state index in [0.29, 0.717) is 0 Å². The van der Waals surface area contributed by atoms with Crippen molar-refractivity contribution in [2.45, 2.75) is 110 Å². The highest BCUT2D eigenvalue weighted by Gasteiger charge is 1.94. The van der Waals surface area contributed by atoms with Gasteiger partial charge in [-0.05, 0) is 32.1 Å². The molecule has 0 N–H and O–H groups in total. The van der Waals surface area contributed by atoms with Crippen LogP contribution in [0.15, 0.2) is 0 Å². The molecule has 2 nitrogen and oxygen atoms in total. The van der Waals surface area contributed by atoms with E-state index in [0.717, 1.165) is 26.4 Å². The van der Waals surface area contributed by atoms with E-state index in [9.17, 15) is 0 Å². The summed E-state index contributed by atoms with van der Waals surface area (Å²) in [6.45, 7) is 8.33. The fourth-order valence-corrected chi connectivity index (χ4v) is 2.76. The molecule has 0 amide bonds. The number of unbranched alkanes of at least 4 members (excludes halogenated alkanes) is 12. The third kappa shape index (κ3) is 21.9. The van der Waals surface area contributed by atoms with Crippen LogP contribution in [0.2, 0.25) is 0 Å². The van der Waals surface area contributed by atoms with Crippen molar-refractivity contribution in [1.29, 1.82) is 0 Å². The van der Waals surface area contributed by atoms with E-state index >= 15 is 0 Å². The van der Waals surface area contributed by atoms with Crippen LogP contribution in [0.25, 0.3) is 0 Å². The summed E-state index contributed by atoms with van der Waals surface area (Å²) in [4.78, 5) is 0. The Balaban J connectivity index is 2.92. The standard InChI is InChI=1S/C21H44O2/c1-3-5-7-9-11-14-18-22-20-16-13-17-21-23-19-15-12-10-8-6-4-2/h3-21H2,1-2H3. The lowest BCUT2D eigenvalue weighted by atomic mass is 10.1. The Bertz CT molecular complexity index is 174. The molecule has 0 aliphatic carbocycles. The van der Waals surface area contributed by atoms with Gasteiger partial charge in [0.2, 0.25) is 0 Å². The Morgan fingerprint density at radius 1 is 0.348 bits per heavy atom. The first-order valence-electron chi connectivity index (χ1n) is 10.6. The average Bonchev–Trinajstić information content (AvgIpc) is 2.57. The summed E-state index contributed by atoms with van der Waals surface area (Å²) >= 11 is 0. The zero-order valence-corrected chi connectivity index (χ0v) is 16.3. The van der Waals surface area contributed by atoms with Gasteiger partial charge in [0, 0.05) is 26.4 Å². The van der Waals surface area contributed by atoms with Crippen LogP contribution in [0.5, 0.6) is 0 Å². The van der Waals surface area contributed by atoms with Crippen molar-refractivity contribution in [2.24, 2.45) is 0 Å². The molecule has 2 heteroatoms. The highest BCUT2D eigenvalue weighted by molar-refractivity contribution is 4.46. The van der Waals surface area contributed by atoms with Gasteiger partial charge in [0.25, 0.3) is 0 Å². The molecule has 0 aromatic heterocycles. The molecule has 0 spiro atoms. The molecule has 0 aromatic carbocycles. The van der Waals surface area contributed by atoms with Gasteiger partial charge in [-0.25, -0.2) is 0 Å². The number of ether oxygens (including phenoxy) is 2. The maximum atomic E-state index is 5.69. The molecule has 0 atom stereocenters. The third-order valence-electron chi connectivity index (χ3n) is 4.36. The monoisotopic (exact) mass is 328 g/mol. The second kappa shape index (κ2) is 21.9. The smallest absolute Gasteiger partial charge is 0.0466 e. The summed E-state index contributed by atoms with van der Waals surface area (Å²) in [5, 5.41) is 0. The molecule has 0 aliphatic heterocycles. The minimum Gasteiger partial charge on any atom is -0.381 e. The average molecular weight is 329 g/mol. The summed E-state index contributed by atoms with van der Waals surface area (Å²) in [7, 11) is 0. The zero-order chi connectivity index (χ0) is 16.8. The van der Waals surface area contributed by atoms with Crippen LogP contribution < -0.4 is 0 Å². The predicted octanol–water partition coefficient (Wildman–Crippen LogP) is 6.91. The molecule has 0 radical (unpaired) electrons. The number of rotatable bonds is 20. The molecular formula is C21H44O2. The molecule has 0 unspecified atom stereocenters. The first-order chi connectivity index (χ1) is 11.4. The van der Waals surface area contributed by atoms with E-state index < -0.39 is 0 Å². The molecule has 0 bridgehead atoms.